The van der Waals surface area contributed by atoms with Crippen molar-refractivity contribution in [2.75, 3.05) is 20.2 Å². The molecule has 3 N–H and O–H groups in total. The molecule has 4 saturated carbocycles. The van der Waals surface area contributed by atoms with E-state index in [0.29, 0.717) is 31.6 Å². The van der Waals surface area contributed by atoms with Gasteiger partial charge >= 0.3 is 0 Å². The lowest BCUT2D eigenvalue weighted by molar-refractivity contribution is -0.129. The molecule has 0 aromatic carbocycles. The zero-order valence-corrected chi connectivity index (χ0v) is 21.2. The molecule has 1 atom stereocenters. The number of carbonyl (C=O) groups is 2. The van der Waals surface area contributed by atoms with Gasteiger partial charge in [0.25, 0.3) is 5.91 Å². The summed E-state index contributed by atoms with van der Waals surface area (Å²) in [5.74, 6) is -0.491. The first kappa shape index (κ1) is 24.3. The van der Waals surface area contributed by atoms with Crippen molar-refractivity contribution in [3.8, 4) is 17.1 Å². The van der Waals surface area contributed by atoms with Crippen LogP contribution in [0, 0.1) is 17.2 Å². The molecule has 2 aromatic rings. The number of methoxy groups -OCH3 is 1. The molecule has 10 heteroatoms. The SMILES string of the molecule is COc1cc(-c2cc(C(=O)N3CC[C@@H](C(=O)NCC45CCC(O)(CC4)CC5)CC34CC4)n[nH]2)c(F)cn1. The molecule has 198 valence electrons. The number of aromatic amines is 1. The highest BCUT2D eigenvalue weighted by Crippen LogP contribution is 2.53. The Morgan fingerprint density at radius 3 is 2.59 bits per heavy atom. The molecule has 37 heavy (non-hydrogen) atoms. The van der Waals surface area contributed by atoms with Crippen LogP contribution in [0.2, 0.25) is 0 Å². The van der Waals surface area contributed by atoms with E-state index in [1.165, 1.54) is 13.2 Å². The van der Waals surface area contributed by atoms with Gasteiger partial charge in [-0.05, 0) is 75.7 Å². The van der Waals surface area contributed by atoms with Crippen LogP contribution in [0.25, 0.3) is 11.3 Å². The third-order valence-electron chi connectivity index (χ3n) is 9.47. The summed E-state index contributed by atoms with van der Waals surface area (Å²) in [6.45, 7) is 1.18. The Bertz CT molecular complexity index is 1200. The second-order valence-electron chi connectivity index (χ2n) is 11.7. The maximum absolute atomic E-state index is 14.3. The summed E-state index contributed by atoms with van der Waals surface area (Å²) in [7, 11) is 1.45. The summed E-state index contributed by atoms with van der Waals surface area (Å²) in [5.41, 5.74) is 0.195. The van der Waals surface area contributed by atoms with Gasteiger partial charge in [0, 0.05) is 36.2 Å². The van der Waals surface area contributed by atoms with Crippen LogP contribution < -0.4 is 10.1 Å². The van der Waals surface area contributed by atoms with Gasteiger partial charge in [0.15, 0.2) is 11.5 Å². The predicted molar refractivity (Wildman–Crippen MR) is 132 cm³/mol. The minimum atomic E-state index is -0.536. The van der Waals surface area contributed by atoms with Crippen LogP contribution in [0.4, 0.5) is 4.39 Å². The number of pyridine rings is 1. The highest BCUT2D eigenvalue weighted by Gasteiger charge is 2.55. The Morgan fingerprint density at radius 1 is 1.19 bits per heavy atom. The molecule has 5 aliphatic rings. The summed E-state index contributed by atoms with van der Waals surface area (Å²) in [6, 6.07) is 3.02. The van der Waals surface area contributed by atoms with E-state index in [-0.39, 0.29) is 45.8 Å². The molecule has 7 rings (SSSR count). The van der Waals surface area contributed by atoms with Gasteiger partial charge in [0.1, 0.15) is 0 Å². The normalized spacial score (nSPS) is 29.8. The number of hydrogen-bond donors (Lipinski definition) is 3. The monoisotopic (exact) mass is 511 g/mol. The Morgan fingerprint density at radius 2 is 1.92 bits per heavy atom. The van der Waals surface area contributed by atoms with E-state index in [1.807, 2.05) is 4.90 Å². The van der Waals surface area contributed by atoms with Crippen molar-refractivity contribution in [1.29, 1.82) is 0 Å². The van der Waals surface area contributed by atoms with Crippen molar-refractivity contribution in [2.24, 2.45) is 11.3 Å². The van der Waals surface area contributed by atoms with Crippen molar-refractivity contribution < 1.29 is 23.8 Å². The van der Waals surface area contributed by atoms with Crippen LogP contribution in [-0.2, 0) is 4.79 Å². The van der Waals surface area contributed by atoms with Crippen LogP contribution in [0.3, 0.4) is 0 Å². The number of nitrogens with zero attached hydrogens (tertiary/aromatic N) is 3. The fourth-order valence-corrected chi connectivity index (χ4v) is 6.72. The van der Waals surface area contributed by atoms with E-state index >= 15 is 0 Å². The number of nitrogens with one attached hydrogen (secondary N) is 2. The first-order valence-corrected chi connectivity index (χ1v) is 13.3. The smallest absolute Gasteiger partial charge is 0.274 e. The number of ether oxygens (including phenoxy) is 1. The minimum Gasteiger partial charge on any atom is -0.481 e. The predicted octanol–water partition coefficient (Wildman–Crippen LogP) is 3.21. The Kier molecular flexibility index (Phi) is 5.78. The lowest BCUT2D eigenvalue weighted by atomic mass is 9.58. The zero-order valence-electron chi connectivity index (χ0n) is 21.2. The molecule has 2 bridgehead atoms. The number of rotatable bonds is 6. The van der Waals surface area contributed by atoms with Gasteiger partial charge in [-0.3, -0.25) is 14.7 Å². The van der Waals surface area contributed by atoms with Gasteiger partial charge in [0.2, 0.25) is 11.8 Å². The van der Waals surface area contributed by atoms with E-state index in [0.717, 1.165) is 57.6 Å². The van der Waals surface area contributed by atoms with E-state index in [2.05, 4.69) is 20.5 Å². The molecule has 0 unspecified atom stereocenters. The summed E-state index contributed by atoms with van der Waals surface area (Å²) in [4.78, 5) is 32.3. The fourth-order valence-electron chi connectivity index (χ4n) is 6.72. The van der Waals surface area contributed by atoms with E-state index in [9.17, 15) is 19.1 Å². The number of hydrogen-bond acceptors (Lipinski definition) is 6. The number of H-pyrrole nitrogens is 1. The minimum absolute atomic E-state index is 0.0864. The summed E-state index contributed by atoms with van der Waals surface area (Å²) >= 11 is 0. The van der Waals surface area contributed by atoms with Crippen molar-refractivity contribution in [3.63, 3.8) is 0 Å². The molecule has 1 saturated heterocycles. The van der Waals surface area contributed by atoms with Gasteiger partial charge in [-0.15, -0.1) is 0 Å². The van der Waals surface area contributed by atoms with Crippen LogP contribution >= 0.6 is 0 Å². The van der Waals surface area contributed by atoms with Crippen molar-refractivity contribution >= 4 is 11.8 Å². The van der Waals surface area contributed by atoms with Gasteiger partial charge in [0.05, 0.1) is 24.6 Å². The lowest BCUT2D eigenvalue weighted by Gasteiger charge is -2.51. The van der Waals surface area contributed by atoms with Gasteiger partial charge in [-0.2, -0.15) is 5.10 Å². The fraction of sp³-hybridized carbons (Fsp3) is 0.630. The van der Waals surface area contributed by atoms with Crippen LogP contribution in [-0.4, -0.2) is 68.3 Å². The number of halogens is 1. The quantitative estimate of drug-likeness (QED) is 0.548. The maximum Gasteiger partial charge on any atom is 0.274 e. The van der Waals surface area contributed by atoms with Gasteiger partial charge in [-0.1, -0.05) is 0 Å². The standard InChI is InChI=1S/C27H34FN5O4/c1-37-22-12-18(19(28)15-29-22)20-13-21(32-31-20)24(35)33-11-2-17(14-26(33)6-7-26)23(34)30-16-25-3-8-27(36,9-4-25)10-5-25/h12-13,15,17,36H,2-11,14,16H2,1H3,(H,30,34)(H,31,32)/t17-,25?,27?/m1/s1. The molecule has 0 radical (unpaired) electrons. The number of aromatic nitrogens is 3. The zero-order chi connectivity index (χ0) is 25.8. The lowest BCUT2D eigenvalue weighted by Crippen LogP contribution is -2.53. The topological polar surface area (TPSA) is 120 Å². The molecule has 2 amide bonds. The highest BCUT2D eigenvalue weighted by molar-refractivity contribution is 5.94. The summed E-state index contributed by atoms with van der Waals surface area (Å²) in [6.07, 6.45) is 9.52. The Labute approximate surface area is 215 Å². The van der Waals surface area contributed by atoms with E-state index in [1.54, 1.807) is 6.07 Å². The number of amides is 2. The third kappa shape index (κ3) is 4.39. The van der Waals surface area contributed by atoms with Crippen molar-refractivity contribution in [2.45, 2.75) is 75.3 Å². The van der Waals surface area contributed by atoms with Gasteiger partial charge < -0.3 is 20.1 Å². The number of carbonyl (C=O) groups excluding carboxylic acids is 2. The molecule has 9 nitrogen and oxygen atoms in total. The van der Waals surface area contributed by atoms with Crippen LogP contribution in [0.15, 0.2) is 18.3 Å². The number of piperidine rings is 1. The molecular formula is C27H34FN5O4. The van der Waals surface area contributed by atoms with Crippen LogP contribution in [0.5, 0.6) is 5.88 Å². The summed E-state index contributed by atoms with van der Waals surface area (Å²) in [5, 5.41) is 20.7. The van der Waals surface area contributed by atoms with Crippen molar-refractivity contribution in [1.82, 2.24) is 25.4 Å². The van der Waals surface area contributed by atoms with Crippen molar-refractivity contribution in [3.05, 3.63) is 29.8 Å². The van der Waals surface area contributed by atoms with E-state index < -0.39 is 11.4 Å². The molecule has 3 heterocycles. The van der Waals surface area contributed by atoms with E-state index in [4.69, 9.17) is 4.74 Å². The first-order chi connectivity index (χ1) is 17.7. The van der Waals surface area contributed by atoms with Crippen LogP contribution in [0.1, 0.15) is 74.7 Å². The number of aliphatic hydroxyl groups is 1. The first-order valence-electron chi connectivity index (χ1n) is 13.3. The number of likely N-dealkylation sites (tertiary alicyclic amines) is 1. The molecule has 1 aliphatic heterocycles. The average molecular weight is 512 g/mol. The molecule has 2 aromatic heterocycles. The number of fused-ring (bicyclic) bond motifs is 3. The third-order valence-corrected chi connectivity index (χ3v) is 9.47. The largest absolute Gasteiger partial charge is 0.481 e. The summed E-state index contributed by atoms with van der Waals surface area (Å²) < 4.78 is 19.4. The molecule has 5 fully saturated rings. The second kappa shape index (κ2) is 8.79. The highest BCUT2D eigenvalue weighted by atomic mass is 19.1. The molecular weight excluding hydrogens is 477 g/mol. The Hall–Kier alpha value is -3.01. The molecule has 4 aliphatic carbocycles. The average Bonchev–Trinajstić information content (AvgIpc) is 3.49. The maximum atomic E-state index is 14.3. The Balaban J connectivity index is 1.09. The van der Waals surface area contributed by atoms with Gasteiger partial charge in [-0.25, -0.2) is 9.37 Å². The second-order valence-corrected chi connectivity index (χ2v) is 11.7. The molecule has 1 spiro atoms.